The van der Waals surface area contributed by atoms with Crippen molar-refractivity contribution in [1.29, 1.82) is 0 Å². The predicted octanol–water partition coefficient (Wildman–Crippen LogP) is 0.263. The number of nitrogen functional groups attached to an aromatic ring is 2. The second kappa shape index (κ2) is 3.17. The van der Waals surface area contributed by atoms with Crippen LogP contribution in [0.5, 0.6) is 11.6 Å². The molecule has 0 aliphatic rings. The van der Waals surface area contributed by atoms with Gasteiger partial charge in [-0.1, -0.05) is 0 Å². The molecule has 1 aromatic heterocycles. The molecule has 0 radical (unpaired) electrons. The summed E-state index contributed by atoms with van der Waals surface area (Å²) in [7, 11) is 3.00. The molecule has 0 aliphatic carbocycles. The Bertz CT molecular complexity index is 288. The van der Waals surface area contributed by atoms with E-state index in [-0.39, 0.29) is 5.82 Å². The highest BCUT2D eigenvalue weighted by Crippen LogP contribution is 2.29. The molecule has 66 valence electrons. The number of nitrogens with zero attached hydrogens (tertiary/aromatic N) is 1. The second-order valence-electron chi connectivity index (χ2n) is 2.17. The van der Waals surface area contributed by atoms with E-state index < -0.39 is 0 Å². The molecule has 0 fully saturated rings. The minimum absolute atomic E-state index is 0.214. The van der Waals surface area contributed by atoms with Gasteiger partial charge < -0.3 is 20.9 Å². The van der Waals surface area contributed by atoms with Crippen LogP contribution in [0, 0.1) is 0 Å². The van der Waals surface area contributed by atoms with E-state index in [1.165, 1.54) is 14.2 Å². The van der Waals surface area contributed by atoms with Crippen molar-refractivity contribution in [2.24, 2.45) is 0 Å². The van der Waals surface area contributed by atoms with Gasteiger partial charge in [-0.3, -0.25) is 0 Å². The Labute approximate surface area is 70.3 Å². The predicted molar refractivity (Wildman–Crippen MR) is 46.2 cm³/mol. The molecule has 0 saturated carbocycles. The maximum atomic E-state index is 5.55. The Hall–Kier alpha value is -1.65. The first-order valence-electron chi connectivity index (χ1n) is 3.33. The average Bonchev–Trinajstić information content (AvgIpc) is 2.09. The van der Waals surface area contributed by atoms with E-state index in [0.717, 1.165) is 0 Å². The van der Waals surface area contributed by atoms with Gasteiger partial charge in [0.2, 0.25) is 5.88 Å². The number of hydrogen-bond acceptors (Lipinski definition) is 5. The summed E-state index contributed by atoms with van der Waals surface area (Å²) < 4.78 is 9.81. The van der Waals surface area contributed by atoms with Crippen LogP contribution in [0.3, 0.4) is 0 Å². The topological polar surface area (TPSA) is 83.4 Å². The van der Waals surface area contributed by atoms with E-state index in [1.807, 2.05) is 0 Å². The van der Waals surface area contributed by atoms with Gasteiger partial charge in [0.15, 0.2) is 11.6 Å². The summed E-state index contributed by atoms with van der Waals surface area (Å²) in [4.78, 5) is 3.85. The molecule has 5 nitrogen and oxygen atoms in total. The number of pyridine rings is 1. The zero-order valence-electron chi connectivity index (χ0n) is 7.00. The van der Waals surface area contributed by atoms with Gasteiger partial charge in [-0.15, -0.1) is 0 Å². The maximum Gasteiger partial charge on any atom is 0.218 e. The molecule has 1 aromatic rings. The first-order valence-corrected chi connectivity index (χ1v) is 3.33. The summed E-state index contributed by atoms with van der Waals surface area (Å²) in [5, 5.41) is 0. The largest absolute Gasteiger partial charge is 0.494 e. The van der Waals surface area contributed by atoms with E-state index in [2.05, 4.69) is 4.98 Å². The molecule has 0 unspecified atom stereocenters. The van der Waals surface area contributed by atoms with Crippen molar-refractivity contribution in [3.63, 3.8) is 0 Å². The lowest BCUT2D eigenvalue weighted by atomic mass is 10.3. The summed E-state index contributed by atoms with van der Waals surface area (Å²) in [6.07, 6.45) is 0. The number of nitrogens with two attached hydrogens (primary N) is 2. The van der Waals surface area contributed by atoms with Gasteiger partial charge in [0.05, 0.1) is 14.2 Å². The normalized spacial score (nSPS) is 9.50. The quantitative estimate of drug-likeness (QED) is 0.663. The highest BCUT2D eigenvalue weighted by atomic mass is 16.5. The van der Waals surface area contributed by atoms with Crippen molar-refractivity contribution in [1.82, 2.24) is 4.98 Å². The van der Waals surface area contributed by atoms with Crippen LogP contribution >= 0.6 is 0 Å². The van der Waals surface area contributed by atoms with Gasteiger partial charge in [-0.05, 0) is 0 Å². The fraction of sp³-hybridized carbons (Fsp3) is 0.286. The Morgan fingerprint density at radius 1 is 1.25 bits per heavy atom. The number of anilines is 2. The fourth-order valence-corrected chi connectivity index (χ4v) is 0.801. The molecule has 0 spiro atoms. The van der Waals surface area contributed by atoms with Gasteiger partial charge in [0, 0.05) is 6.07 Å². The molecule has 0 bridgehead atoms. The minimum Gasteiger partial charge on any atom is -0.494 e. The molecule has 1 rings (SSSR count). The summed E-state index contributed by atoms with van der Waals surface area (Å²) in [6.45, 7) is 0. The number of rotatable bonds is 2. The van der Waals surface area contributed by atoms with Gasteiger partial charge in [-0.25, -0.2) is 0 Å². The number of hydrogen-bond donors (Lipinski definition) is 2. The van der Waals surface area contributed by atoms with Gasteiger partial charge in [-0.2, -0.15) is 4.98 Å². The second-order valence-corrected chi connectivity index (χ2v) is 2.17. The summed E-state index contributed by atoms with van der Waals surface area (Å²) in [5.74, 6) is 1.07. The van der Waals surface area contributed by atoms with Crippen molar-refractivity contribution in [2.45, 2.75) is 0 Å². The van der Waals surface area contributed by atoms with E-state index in [1.54, 1.807) is 6.07 Å². The number of methoxy groups -OCH3 is 2. The highest BCUT2D eigenvalue weighted by Gasteiger charge is 2.07. The number of aromatic nitrogens is 1. The Morgan fingerprint density at radius 3 is 2.42 bits per heavy atom. The Kier molecular flexibility index (Phi) is 2.23. The van der Waals surface area contributed by atoms with Crippen LogP contribution in [0.15, 0.2) is 6.07 Å². The first-order chi connectivity index (χ1) is 5.69. The van der Waals surface area contributed by atoms with Crippen LogP contribution in [-0.4, -0.2) is 19.2 Å². The van der Waals surface area contributed by atoms with Crippen LogP contribution in [-0.2, 0) is 0 Å². The SMILES string of the molecule is COc1cc(OC)c(N)c(N)n1. The first kappa shape index (κ1) is 8.45. The zero-order chi connectivity index (χ0) is 9.14. The third kappa shape index (κ3) is 1.34. The fourth-order valence-electron chi connectivity index (χ4n) is 0.801. The third-order valence-corrected chi connectivity index (χ3v) is 1.46. The van der Waals surface area contributed by atoms with Crippen LogP contribution < -0.4 is 20.9 Å². The lowest BCUT2D eigenvalue weighted by Gasteiger charge is -2.07. The van der Waals surface area contributed by atoms with Crippen molar-refractivity contribution < 1.29 is 9.47 Å². The van der Waals surface area contributed by atoms with Crippen molar-refractivity contribution in [2.75, 3.05) is 25.7 Å². The molecule has 1 heterocycles. The van der Waals surface area contributed by atoms with E-state index in [9.17, 15) is 0 Å². The molecule has 4 N–H and O–H groups in total. The molecule has 0 amide bonds. The van der Waals surface area contributed by atoms with Gasteiger partial charge in [0.25, 0.3) is 0 Å². The van der Waals surface area contributed by atoms with Crippen LogP contribution in [0.25, 0.3) is 0 Å². The summed E-state index contributed by atoms with van der Waals surface area (Å²) in [6, 6.07) is 1.58. The summed E-state index contributed by atoms with van der Waals surface area (Å²) in [5.41, 5.74) is 11.4. The average molecular weight is 169 g/mol. The minimum atomic E-state index is 0.214. The highest BCUT2D eigenvalue weighted by molar-refractivity contribution is 5.68. The van der Waals surface area contributed by atoms with E-state index in [0.29, 0.717) is 17.3 Å². The Morgan fingerprint density at radius 2 is 1.92 bits per heavy atom. The standard InChI is InChI=1S/C7H11N3O2/c1-11-4-3-5(12-2)10-7(9)6(4)8/h3H,8H2,1-2H3,(H2,9,10). The molecule has 0 saturated heterocycles. The summed E-state index contributed by atoms with van der Waals surface area (Å²) >= 11 is 0. The van der Waals surface area contributed by atoms with Crippen molar-refractivity contribution >= 4 is 11.5 Å². The van der Waals surface area contributed by atoms with Crippen LogP contribution in [0.1, 0.15) is 0 Å². The van der Waals surface area contributed by atoms with E-state index >= 15 is 0 Å². The van der Waals surface area contributed by atoms with E-state index in [4.69, 9.17) is 20.9 Å². The monoisotopic (exact) mass is 169 g/mol. The molecule has 0 aliphatic heterocycles. The molecule has 0 aromatic carbocycles. The molecule has 12 heavy (non-hydrogen) atoms. The Balaban J connectivity index is 3.19. The molecule has 5 heteroatoms. The molecule has 0 atom stereocenters. The van der Waals surface area contributed by atoms with Crippen molar-refractivity contribution in [3.05, 3.63) is 6.07 Å². The lowest BCUT2D eigenvalue weighted by molar-refractivity contribution is 0.384. The molecular weight excluding hydrogens is 158 g/mol. The smallest absolute Gasteiger partial charge is 0.218 e. The van der Waals surface area contributed by atoms with Crippen LogP contribution in [0.4, 0.5) is 11.5 Å². The maximum absolute atomic E-state index is 5.55. The third-order valence-electron chi connectivity index (χ3n) is 1.46. The lowest BCUT2D eigenvalue weighted by Crippen LogP contribution is -2.02. The number of ether oxygens (including phenoxy) is 2. The van der Waals surface area contributed by atoms with Gasteiger partial charge in [0.1, 0.15) is 5.69 Å². The van der Waals surface area contributed by atoms with Crippen molar-refractivity contribution in [3.8, 4) is 11.6 Å². The molecular formula is C7H11N3O2. The zero-order valence-corrected chi connectivity index (χ0v) is 7.00. The van der Waals surface area contributed by atoms with Gasteiger partial charge >= 0.3 is 0 Å². The van der Waals surface area contributed by atoms with Crippen LogP contribution in [0.2, 0.25) is 0 Å².